The Morgan fingerprint density at radius 1 is 1.25 bits per heavy atom. The van der Waals surface area contributed by atoms with Crippen molar-refractivity contribution >= 4 is 38.8 Å². The molecule has 1 aliphatic rings. The molecule has 130 valence electrons. The van der Waals surface area contributed by atoms with Gasteiger partial charge in [0.05, 0.1) is 10.6 Å². The van der Waals surface area contributed by atoms with Crippen LogP contribution >= 0.6 is 11.8 Å². The van der Waals surface area contributed by atoms with E-state index in [9.17, 15) is 22.8 Å². The molecule has 1 aliphatic heterocycles. The molecule has 0 saturated carbocycles. The number of thioether (sulfide) groups is 1. The van der Waals surface area contributed by atoms with Crippen molar-refractivity contribution in [1.29, 1.82) is 0 Å². The minimum absolute atomic E-state index is 0.0920. The van der Waals surface area contributed by atoms with Crippen molar-refractivity contribution in [2.45, 2.75) is 4.90 Å². The number of imide groups is 1. The van der Waals surface area contributed by atoms with Crippen LogP contribution in [0, 0.1) is 0 Å². The maximum atomic E-state index is 12.0. The van der Waals surface area contributed by atoms with Crippen LogP contribution in [0.1, 0.15) is 10.4 Å². The lowest BCUT2D eigenvalue weighted by atomic mass is 10.2. The zero-order valence-electron chi connectivity index (χ0n) is 13.2. The van der Waals surface area contributed by atoms with Gasteiger partial charge < -0.3 is 5.32 Å². The van der Waals surface area contributed by atoms with Crippen molar-refractivity contribution in [2.75, 3.05) is 32.9 Å². The van der Waals surface area contributed by atoms with Crippen LogP contribution in [0.15, 0.2) is 29.2 Å². The van der Waals surface area contributed by atoms with Gasteiger partial charge in [-0.1, -0.05) is 11.8 Å². The molecular formula is C14H17N3O5S2. The summed E-state index contributed by atoms with van der Waals surface area (Å²) in [7, 11) is -0.690. The second-order valence-corrected chi connectivity index (χ2v) is 8.25. The molecule has 1 N–H and O–H groups in total. The van der Waals surface area contributed by atoms with Gasteiger partial charge in [-0.2, -0.15) is 0 Å². The highest BCUT2D eigenvalue weighted by atomic mass is 32.2. The summed E-state index contributed by atoms with van der Waals surface area (Å²) in [5.74, 6) is -0.540. The number of hydrogen-bond acceptors (Lipinski definition) is 6. The zero-order chi connectivity index (χ0) is 17.9. The van der Waals surface area contributed by atoms with Gasteiger partial charge in [-0.05, 0) is 24.3 Å². The molecule has 0 spiro atoms. The van der Waals surface area contributed by atoms with E-state index in [1.54, 1.807) is 0 Å². The van der Waals surface area contributed by atoms with Crippen LogP contribution in [0.5, 0.6) is 0 Å². The van der Waals surface area contributed by atoms with Crippen LogP contribution in [-0.4, -0.2) is 67.6 Å². The summed E-state index contributed by atoms with van der Waals surface area (Å²) < 4.78 is 25.0. The number of nitrogens with zero attached hydrogens (tertiary/aromatic N) is 2. The molecule has 0 bridgehead atoms. The molecule has 0 aromatic heterocycles. The first kappa shape index (κ1) is 18.4. The summed E-state index contributed by atoms with van der Waals surface area (Å²) >= 11 is 0.939. The van der Waals surface area contributed by atoms with Gasteiger partial charge in [-0.25, -0.2) is 12.7 Å². The van der Waals surface area contributed by atoms with Crippen molar-refractivity contribution in [1.82, 2.24) is 14.5 Å². The Balaban J connectivity index is 1.94. The highest BCUT2D eigenvalue weighted by molar-refractivity contribution is 8.14. The fourth-order valence-electron chi connectivity index (χ4n) is 1.97. The van der Waals surface area contributed by atoms with Gasteiger partial charge in [0.15, 0.2) is 0 Å². The van der Waals surface area contributed by atoms with E-state index in [-0.39, 0.29) is 34.9 Å². The van der Waals surface area contributed by atoms with Crippen LogP contribution in [-0.2, 0) is 14.8 Å². The lowest BCUT2D eigenvalue weighted by molar-refractivity contribution is -0.124. The third-order valence-electron chi connectivity index (χ3n) is 3.36. The Morgan fingerprint density at radius 3 is 2.38 bits per heavy atom. The van der Waals surface area contributed by atoms with E-state index < -0.39 is 15.9 Å². The summed E-state index contributed by atoms with van der Waals surface area (Å²) in [6, 6.07) is 5.53. The fraction of sp³-hybridized carbons (Fsp3) is 0.357. The van der Waals surface area contributed by atoms with Crippen LogP contribution in [0.25, 0.3) is 0 Å². The largest absolute Gasteiger partial charge is 0.350 e. The van der Waals surface area contributed by atoms with Crippen LogP contribution in [0.4, 0.5) is 4.79 Å². The van der Waals surface area contributed by atoms with Gasteiger partial charge in [-0.15, -0.1) is 0 Å². The van der Waals surface area contributed by atoms with E-state index in [1.165, 1.54) is 38.4 Å². The molecule has 1 saturated heterocycles. The van der Waals surface area contributed by atoms with Crippen molar-refractivity contribution in [3.05, 3.63) is 29.8 Å². The second-order valence-electron chi connectivity index (χ2n) is 5.17. The number of hydrogen-bond donors (Lipinski definition) is 1. The standard InChI is InChI=1S/C14H17N3O5S2/c1-16(2)24(21,22)11-5-3-10(4-6-11)13(19)15-7-8-17-12(18)9-23-14(17)20/h3-6H,7-9H2,1-2H3,(H,15,19). The molecule has 1 aromatic rings. The molecule has 1 fully saturated rings. The SMILES string of the molecule is CN(C)S(=O)(=O)c1ccc(C(=O)NCCN2C(=O)CSC2=O)cc1. The monoisotopic (exact) mass is 371 g/mol. The van der Waals surface area contributed by atoms with Gasteiger partial charge in [0.2, 0.25) is 15.9 Å². The summed E-state index contributed by atoms with van der Waals surface area (Å²) in [6.45, 7) is 0.248. The van der Waals surface area contributed by atoms with E-state index >= 15 is 0 Å². The first-order valence-electron chi connectivity index (χ1n) is 7.01. The molecule has 10 heteroatoms. The van der Waals surface area contributed by atoms with Crippen molar-refractivity contribution in [2.24, 2.45) is 0 Å². The number of nitrogens with one attached hydrogen (secondary N) is 1. The summed E-state index contributed by atoms with van der Waals surface area (Å²) in [5, 5.41) is 2.28. The molecule has 0 atom stereocenters. The van der Waals surface area contributed by atoms with Gasteiger partial charge in [0.25, 0.3) is 11.1 Å². The van der Waals surface area contributed by atoms with Gasteiger partial charge in [0.1, 0.15) is 0 Å². The molecule has 3 amide bonds. The van der Waals surface area contributed by atoms with Gasteiger partial charge in [0, 0.05) is 32.7 Å². The highest BCUT2D eigenvalue weighted by Crippen LogP contribution is 2.18. The number of sulfonamides is 1. The summed E-state index contributed by atoms with van der Waals surface area (Å²) in [5.41, 5.74) is 0.293. The maximum Gasteiger partial charge on any atom is 0.288 e. The minimum atomic E-state index is -3.54. The first-order valence-corrected chi connectivity index (χ1v) is 9.44. The number of benzene rings is 1. The van der Waals surface area contributed by atoms with E-state index in [2.05, 4.69) is 5.32 Å². The normalized spacial score (nSPS) is 15.2. The first-order chi connectivity index (χ1) is 11.2. The van der Waals surface area contributed by atoms with Crippen molar-refractivity contribution < 1.29 is 22.8 Å². The highest BCUT2D eigenvalue weighted by Gasteiger charge is 2.29. The summed E-state index contributed by atoms with van der Waals surface area (Å²) in [6.07, 6.45) is 0. The Hall–Kier alpha value is -1.91. The Bertz CT molecular complexity index is 743. The molecule has 0 unspecified atom stereocenters. The maximum absolute atomic E-state index is 12.0. The molecule has 0 radical (unpaired) electrons. The lowest BCUT2D eigenvalue weighted by Crippen LogP contribution is -2.37. The third-order valence-corrected chi connectivity index (χ3v) is 6.04. The molecule has 0 aliphatic carbocycles. The Labute approximate surface area is 144 Å². The van der Waals surface area contributed by atoms with Crippen molar-refractivity contribution in [3.63, 3.8) is 0 Å². The quantitative estimate of drug-likeness (QED) is 0.774. The molecular weight excluding hydrogens is 354 g/mol. The Morgan fingerprint density at radius 2 is 1.88 bits per heavy atom. The van der Waals surface area contributed by atoms with Gasteiger partial charge in [-0.3, -0.25) is 19.3 Å². The predicted molar refractivity (Wildman–Crippen MR) is 89.2 cm³/mol. The number of amides is 3. The zero-order valence-corrected chi connectivity index (χ0v) is 14.8. The molecule has 24 heavy (non-hydrogen) atoms. The predicted octanol–water partition coefficient (Wildman–Crippen LogP) is 0.362. The smallest absolute Gasteiger partial charge is 0.288 e. The fourth-order valence-corrected chi connectivity index (χ4v) is 3.62. The van der Waals surface area contributed by atoms with Crippen LogP contribution < -0.4 is 5.32 Å². The third kappa shape index (κ3) is 3.94. The van der Waals surface area contributed by atoms with Crippen LogP contribution in [0.3, 0.4) is 0 Å². The average molecular weight is 371 g/mol. The molecule has 8 nitrogen and oxygen atoms in total. The molecule has 1 heterocycles. The molecule has 1 aromatic carbocycles. The molecule has 2 rings (SSSR count). The van der Waals surface area contributed by atoms with E-state index in [4.69, 9.17) is 0 Å². The topological polar surface area (TPSA) is 104 Å². The van der Waals surface area contributed by atoms with E-state index in [0.29, 0.717) is 5.56 Å². The number of carbonyl (C=O) groups excluding carboxylic acids is 3. The van der Waals surface area contributed by atoms with Crippen molar-refractivity contribution in [3.8, 4) is 0 Å². The van der Waals surface area contributed by atoms with Crippen LogP contribution in [0.2, 0.25) is 0 Å². The number of carbonyl (C=O) groups is 3. The minimum Gasteiger partial charge on any atom is -0.350 e. The number of rotatable bonds is 6. The van der Waals surface area contributed by atoms with E-state index in [1.807, 2.05) is 0 Å². The lowest BCUT2D eigenvalue weighted by Gasteiger charge is -2.13. The average Bonchev–Trinajstić information content (AvgIpc) is 2.86. The summed E-state index contributed by atoms with van der Waals surface area (Å²) in [4.78, 5) is 36.0. The Kier molecular flexibility index (Phi) is 5.62. The van der Waals surface area contributed by atoms with Gasteiger partial charge >= 0.3 is 0 Å². The van der Waals surface area contributed by atoms with E-state index in [0.717, 1.165) is 21.0 Å². The second kappa shape index (κ2) is 7.32.